The van der Waals surface area contributed by atoms with Crippen molar-refractivity contribution in [3.63, 3.8) is 0 Å². The minimum absolute atomic E-state index is 0. The summed E-state index contributed by atoms with van der Waals surface area (Å²) in [6, 6.07) is 7.00. The summed E-state index contributed by atoms with van der Waals surface area (Å²) in [5, 5.41) is 3.08. The summed E-state index contributed by atoms with van der Waals surface area (Å²) in [6.45, 7) is -0.0365. The molecule has 0 fully saturated rings. The molecule has 0 heterocycles. The first-order valence-electron chi connectivity index (χ1n) is 3.48. The average Bonchev–Trinajstić information content (AvgIpc) is 2.09. The number of hydrogen-bond donors (Lipinski definition) is 2. The van der Waals surface area contributed by atoms with E-state index >= 15 is 0 Å². The van der Waals surface area contributed by atoms with Gasteiger partial charge in [0.05, 0.1) is 17.3 Å². The molecule has 1 amide bonds. The summed E-state index contributed by atoms with van der Waals surface area (Å²) in [5.41, 5.74) is 5.71. The molecule has 1 rings (SSSR count). The molecule has 3 N–H and O–H groups in total. The summed E-state index contributed by atoms with van der Waals surface area (Å²) in [4.78, 5) is 10.8. The molecule has 0 saturated carbocycles. The lowest BCUT2D eigenvalue weighted by Gasteiger charge is -2.04. The Morgan fingerprint density at radius 2 is 2.08 bits per heavy atom. The lowest BCUT2D eigenvalue weighted by atomic mass is 10.3. The van der Waals surface area contributed by atoms with E-state index in [4.69, 9.17) is 17.3 Å². The summed E-state index contributed by atoms with van der Waals surface area (Å²) in [7, 11) is 0. The molecular formula is C8H10Cl2N2O. The quantitative estimate of drug-likeness (QED) is 0.797. The van der Waals surface area contributed by atoms with E-state index in [0.29, 0.717) is 10.7 Å². The highest BCUT2D eigenvalue weighted by Crippen LogP contribution is 2.19. The smallest absolute Gasteiger partial charge is 0.238 e. The van der Waals surface area contributed by atoms with Crippen molar-refractivity contribution in [1.29, 1.82) is 0 Å². The molecule has 0 aliphatic carbocycles. The van der Waals surface area contributed by atoms with E-state index < -0.39 is 0 Å². The summed E-state index contributed by atoms with van der Waals surface area (Å²) >= 11 is 5.77. The van der Waals surface area contributed by atoms with Crippen LogP contribution in [0.1, 0.15) is 0 Å². The molecule has 0 spiro atoms. The summed E-state index contributed by atoms with van der Waals surface area (Å²) in [6.07, 6.45) is 0. The zero-order valence-electron chi connectivity index (χ0n) is 6.79. The zero-order chi connectivity index (χ0) is 8.97. The predicted octanol–water partition coefficient (Wildman–Crippen LogP) is 1.66. The van der Waals surface area contributed by atoms with Crippen LogP contribution in [-0.4, -0.2) is 12.5 Å². The second-order valence-electron chi connectivity index (χ2n) is 2.23. The van der Waals surface area contributed by atoms with Gasteiger partial charge in [0, 0.05) is 0 Å². The van der Waals surface area contributed by atoms with Crippen molar-refractivity contribution in [3.05, 3.63) is 29.3 Å². The average molecular weight is 221 g/mol. The standard InChI is InChI=1S/C8H9ClN2O.ClH/c9-6-3-1-2-4-7(6)11-8(12)5-10;/h1-4H,5,10H2,(H,11,12);1H. The molecule has 3 nitrogen and oxygen atoms in total. The van der Waals surface area contributed by atoms with Gasteiger partial charge in [-0.1, -0.05) is 23.7 Å². The number of halogens is 2. The largest absolute Gasteiger partial charge is 0.324 e. The van der Waals surface area contributed by atoms with Crippen molar-refractivity contribution in [2.75, 3.05) is 11.9 Å². The van der Waals surface area contributed by atoms with E-state index in [1.807, 2.05) is 0 Å². The van der Waals surface area contributed by atoms with Gasteiger partial charge in [-0.3, -0.25) is 4.79 Å². The fraction of sp³-hybridized carbons (Fsp3) is 0.125. The Morgan fingerprint density at radius 1 is 1.46 bits per heavy atom. The first kappa shape index (κ1) is 12.2. The SMILES string of the molecule is Cl.NCC(=O)Nc1ccccc1Cl. The van der Waals surface area contributed by atoms with Gasteiger partial charge < -0.3 is 11.1 Å². The van der Waals surface area contributed by atoms with Crippen molar-refractivity contribution in [1.82, 2.24) is 0 Å². The highest BCUT2D eigenvalue weighted by molar-refractivity contribution is 6.33. The first-order chi connectivity index (χ1) is 5.74. The van der Waals surface area contributed by atoms with E-state index in [-0.39, 0.29) is 24.9 Å². The van der Waals surface area contributed by atoms with Crippen molar-refractivity contribution in [3.8, 4) is 0 Å². The van der Waals surface area contributed by atoms with Crippen LogP contribution in [0.15, 0.2) is 24.3 Å². The number of para-hydroxylation sites is 1. The van der Waals surface area contributed by atoms with Crippen LogP contribution in [0.25, 0.3) is 0 Å². The van der Waals surface area contributed by atoms with Crippen molar-refractivity contribution in [2.45, 2.75) is 0 Å². The maximum Gasteiger partial charge on any atom is 0.238 e. The molecule has 13 heavy (non-hydrogen) atoms. The third-order valence-electron chi connectivity index (χ3n) is 1.33. The van der Waals surface area contributed by atoms with E-state index in [9.17, 15) is 4.79 Å². The van der Waals surface area contributed by atoms with E-state index in [1.54, 1.807) is 24.3 Å². The Kier molecular flexibility index (Phi) is 5.46. The Hall–Kier alpha value is -0.770. The maximum absolute atomic E-state index is 10.8. The molecule has 0 aromatic heterocycles. The number of hydrogen-bond acceptors (Lipinski definition) is 2. The van der Waals surface area contributed by atoms with E-state index in [2.05, 4.69) is 5.32 Å². The number of carbonyl (C=O) groups is 1. The number of rotatable bonds is 2. The van der Waals surface area contributed by atoms with Crippen LogP contribution in [0.3, 0.4) is 0 Å². The number of carbonyl (C=O) groups excluding carboxylic acids is 1. The van der Waals surface area contributed by atoms with Crippen LogP contribution in [-0.2, 0) is 4.79 Å². The third-order valence-corrected chi connectivity index (χ3v) is 1.66. The molecule has 1 aromatic rings. The molecule has 0 saturated heterocycles. The second-order valence-corrected chi connectivity index (χ2v) is 2.64. The van der Waals surface area contributed by atoms with Gasteiger partial charge in [0.1, 0.15) is 0 Å². The Morgan fingerprint density at radius 3 is 2.62 bits per heavy atom. The fourth-order valence-electron chi connectivity index (χ4n) is 0.764. The van der Waals surface area contributed by atoms with Gasteiger partial charge in [0.25, 0.3) is 0 Å². The number of nitrogens with one attached hydrogen (secondary N) is 1. The third kappa shape index (κ3) is 3.63. The molecule has 5 heteroatoms. The predicted molar refractivity (Wildman–Crippen MR) is 56.4 cm³/mol. The van der Waals surface area contributed by atoms with Gasteiger partial charge in [-0.15, -0.1) is 12.4 Å². The highest BCUT2D eigenvalue weighted by Gasteiger charge is 2.01. The van der Waals surface area contributed by atoms with Gasteiger partial charge in [0.2, 0.25) is 5.91 Å². The molecule has 0 radical (unpaired) electrons. The lowest BCUT2D eigenvalue weighted by molar-refractivity contribution is -0.114. The van der Waals surface area contributed by atoms with Crippen molar-refractivity contribution in [2.24, 2.45) is 5.73 Å². The van der Waals surface area contributed by atoms with Gasteiger partial charge >= 0.3 is 0 Å². The van der Waals surface area contributed by atoms with Crippen LogP contribution in [0.4, 0.5) is 5.69 Å². The molecule has 0 atom stereocenters. The molecule has 0 unspecified atom stereocenters. The first-order valence-corrected chi connectivity index (χ1v) is 3.86. The molecular weight excluding hydrogens is 211 g/mol. The normalized spacial score (nSPS) is 8.77. The minimum atomic E-state index is -0.247. The van der Waals surface area contributed by atoms with Crippen LogP contribution in [0, 0.1) is 0 Å². The lowest BCUT2D eigenvalue weighted by Crippen LogP contribution is -2.21. The van der Waals surface area contributed by atoms with Gasteiger partial charge in [0.15, 0.2) is 0 Å². The maximum atomic E-state index is 10.8. The Bertz CT molecular complexity index is 291. The van der Waals surface area contributed by atoms with Crippen LogP contribution in [0.2, 0.25) is 5.02 Å². The number of anilines is 1. The number of nitrogens with two attached hydrogens (primary N) is 1. The number of amides is 1. The van der Waals surface area contributed by atoms with Crippen LogP contribution < -0.4 is 11.1 Å². The van der Waals surface area contributed by atoms with E-state index in [0.717, 1.165) is 0 Å². The molecule has 72 valence electrons. The monoisotopic (exact) mass is 220 g/mol. The van der Waals surface area contributed by atoms with Gasteiger partial charge in [-0.05, 0) is 12.1 Å². The van der Waals surface area contributed by atoms with Crippen molar-refractivity contribution >= 4 is 35.6 Å². The van der Waals surface area contributed by atoms with E-state index in [1.165, 1.54) is 0 Å². The minimum Gasteiger partial charge on any atom is -0.324 e. The topological polar surface area (TPSA) is 55.1 Å². The molecule has 1 aromatic carbocycles. The Balaban J connectivity index is 0.00000144. The van der Waals surface area contributed by atoms with Gasteiger partial charge in [-0.25, -0.2) is 0 Å². The summed E-state index contributed by atoms with van der Waals surface area (Å²) in [5.74, 6) is -0.247. The van der Waals surface area contributed by atoms with Crippen LogP contribution >= 0.6 is 24.0 Å². The van der Waals surface area contributed by atoms with Crippen LogP contribution in [0.5, 0.6) is 0 Å². The second kappa shape index (κ2) is 5.80. The summed E-state index contributed by atoms with van der Waals surface area (Å²) < 4.78 is 0. The van der Waals surface area contributed by atoms with Crippen molar-refractivity contribution < 1.29 is 4.79 Å². The molecule has 0 aliphatic rings. The molecule has 0 bridgehead atoms. The zero-order valence-corrected chi connectivity index (χ0v) is 8.36. The van der Waals surface area contributed by atoms with Gasteiger partial charge in [-0.2, -0.15) is 0 Å². The molecule has 0 aliphatic heterocycles. The fourth-order valence-corrected chi connectivity index (χ4v) is 0.947. The Labute approximate surface area is 87.7 Å². The highest BCUT2D eigenvalue weighted by atomic mass is 35.5. The number of benzene rings is 1.